The van der Waals surface area contributed by atoms with Gasteiger partial charge in [-0.25, -0.2) is 0 Å². The minimum atomic E-state index is -0.758. The van der Waals surface area contributed by atoms with E-state index in [1.165, 1.54) is 22.3 Å². The highest BCUT2D eigenvalue weighted by molar-refractivity contribution is 5.39. The predicted octanol–water partition coefficient (Wildman–Crippen LogP) is 6.36. The summed E-state index contributed by atoms with van der Waals surface area (Å²) in [6.45, 7) is 7.44. The van der Waals surface area contributed by atoms with Crippen molar-refractivity contribution in [1.29, 1.82) is 0 Å². The molecule has 0 saturated carbocycles. The Morgan fingerprint density at radius 1 is 0.523 bits per heavy atom. The smallest absolute Gasteiger partial charge is 0.122 e. The van der Waals surface area contributed by atoms with Crippen LogP contribution in [0.15, 0.2) is 97.1 Å². The molecular weight excluding hydrogens is 556 g/mol. The van der Waals surface area contributed by atoms with E-state index in [9.17, 15) is 5.11 Å². The Balaban J connectivity index is 0.917. The molecule has 2 aliphatic rings. The lowest BCUT2D eigenvalue weighted by Gasteiger charge is -2.16. The Morgan fingerprint density at radius 3 is 1.07 bits per heavy atom. The largest absolute Gasteiger partial charge is 0.491 e. The fraction of sp³-hybridized carbons (Fsp3) is 0.351. The number of epoxide rings is 2. The van der Waals surface area contributed by atoms with Crippen LogP contribution in [0.3, 0.4) is 0 Å². The first kappa shape index (κ1) is 30.0. The van der Waals surface area contributed by atoms with Crippen LogP contribution in [0, 0.1) is 0 Å². The van der Waals surface area contributed by atoms with Crippen LogP contribution in [0.1, 0.15) is 47.9 Å². The van der Waals surface area contributed by atoms with Gasteiger partial charge < -0.3 is 33.5 Å². The molecular formula is C37H40O7. The number of benzene rings is 4. The van der Waals surface area contributed by atoms with Crippen molar-refractivity contribution in [2.24, 2.45) is 0 Å². The van der Waals surface area contributed by atoms with Gasteiger partial charge in [0.05, 0.1) is 13.2 Å². The lowest BCUT2D eigenvalue weighted by Crippen LogP contribution is -2.25. The van der Waals surface area contributed by atoms with Crippen molar-refractivity contribution in [3.63, 3.8) is 0 Å². The Hall–Kier alpha value is -4.04. The lowest BCUT2D eigenvalue weighted by atomic mass is 9.93. The first-order valence-electron chi connectivity index (χ1n) is 15.3. The SMILES string of the molecule is CC(c1ccc(OCC(O)COc2ccc(C(C)c3ccc(OCC4CO4)cc3)cc2)cc1)c1ccc(OCC2CO2)cc1. The van der Waals surface area contributed by atoms with Gasteiger partial charge in [0.2, 0.25) is 0 Å². The van der Waals surface area contributed by atoms with E-state index in [-0.39, 0.29) is 37.3 Å². The molecule has 7 heteroatoms. The van der Waals surface area contributed by atoms with Crippen LogP contribution in [-0.4, -0.2) is 63.1 Å². The average Bonchev–Trinajstić information content (AvgIpc) is 4.01. The Morgan fingerprint density at radius 2 is 0.795 bits per heavy atom. The molecule has 7 nitrogen and oxygen atoms in total. The van der Waals surface area contributed by atoms with Crippen molar-refractivity contribution in [3.05, 3.63) is 119 Å². The lowest BCUT2D eigenvalue weighted by molar-refractivity contribution is 0.0626. The van der Waals surface area contributed by atoms with Crippen molar-refractivity contribution in [2.45, 2.75) is 44.0 Å². The third kappa shape index (κ3) is 8.53. The van der Waals surface area contributed by atoms with Crippen LogP contribution in [-0.2, 0) is 9.47 Å². The molecule has 0 bridgehead atoms. The third-order valence-electron chi connectivity index (χ3n) is 8.08. The minimum Gasteiger partial charge on any atom is -0.491 e. The van der Waals surface area contributed by atoms with Crippen molar-refractivity contribution in [1.82, 2.24) is 0 Å². The van der Waals surface area contributed by atoms with Gasteiger partial charge in [-0.2, -0.15) is 0 Å². The van der Waals surface area contributed by atoms with Crippen molar-refractivity contribution in [2.75, 3.05) is 39.6 Å². The second-order valence-corrected chi connectivity index (χ2v) is 11.5. The van der Waals surface area contributed by atoms with E-state index in [2.05, 4.69) is 62.4 Å². The highest BCUT2D eigenvalue weighted by Gasteiger charge is 2.24. The molecule has 4 aromatic rings. The van der Waals surface area contributed by atoms with E-state index in [0.717, 1.165) is 24.7 Å². The van der Waals surface area contributed by atoms with E-state index in [1.54, 1.807) is 0 Å². The maximum absolute atomic E-state index is 10.5. The van der Waals surface area contributed by atoms with Gasteiger partial charge in [0.15, 0.2) is 0 Å². The van der Waals surface area contributed by atoms with Crippen molar-refractivity contribution >= 4 is 0 Å². The number of ether oxygens (including phenoxy) is 6. The second kappa shape index (κ2) is 14.2. The number of aliphatic hydroxyl groups is 1. The summed E-state index contributed by atoms with van der Waals surface area (Å²) in [5.74, 6) is 3.59. The number of hydrogen-bond donors (Lipinski definition) is 1. The zero-order valence-electron chi connectivity index (χ0n) is 25.3. The number of hydrogen-bond acceptors (Lipinski definition) is 7. The topological polar surface area (TPSA) is 82.2 Å². The zero-order valence-corrected chi connectivity index (χ0v) is 25.3. The fourth-order valence-electron chi connectivity index (χ4n) is 4.94. The van der Waals surface area contributed by atoms with Crippen LogP contribution < -0.4 is 18.9 Å². The second-order valence-electron chi connectivity index (χ2n) is 11.5. The van der Waals surface area contributed by atoms with Gasteiger partial charge in [-0.1, -0.05) is 62.4 Å². The quantitative estimate of drug-likeness (QED) is 0.151. The maximum Gasteiger partial charge on any atom is 0.122 e. The summed E-state index contributed by atoms with van der Waals surface area (Å²) in [5.41, 5.74) is 4.79. The zero-order chi connectivity index (χ0) is 30.3. The van der Waals surface area contributed by atoms with Crippen molar-refractivity contribution < 1.29 is 33.5 Å². The normalized spacial score (nSPS) is 19.0. The van der Waals surface area contributed by atoms with E-state index in [0.29, 0.717) is 24.7 Å². The molecule has 4 atom stereocenters. The summed E-state index contributed by atoms with van der Waals surface area (Å²) >= 11 is 0. The van der Waals surface area contributed by atoms with Gasteiger partial charge in [0.25, 0.3) is 0 Å². The average molecular weight is 597 g/mol. The van der Waals surface area contributed by atoms with Gasteiger partial charge in [-0.3, -0.25) is 0 Å². The summed E-state index contributed by atoms with van der Waals surface area (Å²) in [6.07, 6.45) is -0.260. The van der Waals surface area contributed by atoms with Crippen molar-refractivity contribution in [3.8, 4) is 23.0 Å². The predicted molar refractivity (Wildman–Crippen MR) is 168 cm³/mol. The van der Waals surface area contributed by atoms with E-state index >= 15 is 0 Å². The molecule has 0 spiro atoms. The fourth-order valence-corrected chi connectivity index (χ4v) is 4.94. The summed E-state index contributed by atoms with van der Waals surface area (Å²) in [7, 11) is 0. The Kier molecular flexibility index (Phi) is 9.66. The molecule has 4 aromatic carbocycles. The highest BCUT2D eigenvalue weighted by Crippen LogP contribution is 2.29. The monoisotopic (exact) mass is 596 g/mol. The molecule has 1 N–H and O–H groups in total. The molecule has 230 valence electrons. The number of aliphatic hydroxyl groups excluding tert-OH is 1. The molecule has 2 heterocycles. The molecule has 44 heavy (non-hydrogen) atoms. The molecule has 0 radical (unpaired) electrons. The molecule has 0 amide bonds. The van der Waals surface area contributed by atoms with Crippen LogP contribution in [0.5, 0.6) is 23.0 Å². The highest BCUT2D eigenvalue weighted by atomic mass is 16.6. The summed E-state index contributed by atoms with van der Waals surface area (Å²) < 4.78 is 33.5. The van der Waals surface area contributed by atoms with Gasteiger partial charge in [0, 0.05) is 11.8 Å². The summed E-state index contributed by atoms with van der Waals surface area (Å²) in [4.78, 5) is 0. The molecule has 6 rings (SSSR count). The van der Waals surface area contributed by atoms with Crippen LogP contribution in [0.2, 0.25) is 0 Å². The molecule has 2 fully saturated rings. The van der Waals surface area contributed by atoms with Crippen LogP contribution >= 0.6 is 0 Å². The molecule has 2 aliphatic heterocycles. The van der Waals surface area contributed by atoms with Gasteiger partial charge >= 0.3 is 0 Å². The van der Waals surface area contributed by atoms with Gasteiger partial charge in [-0.15, -0.1) is 0 Å². The molecule has 0 aliphatic carbocycles. The van der Waals surface area contributed by atoms with E-state index in [1.807, 2.05) is 48.5 Å². The van der Waals surface area contributed by atoms with Crippen LogP contribution in [0.4, 0.5) is 0 Å². The standard InChI is InChI=1S/C37H40O7/c1-25(29-7-15-34(16-8-29)41-21-36-23-43-36)27-3-11-32(12-4-27)39-19-31(38)20-40-33-13-5-28(6-14-33)26(2)30-9-17-35(18-10-30)42-22-37-24-44-37/h3-18,25-26,31,36-38H,19-24H2,1-2H3. The van der Waals surface area contributed by atoms with Gasteiger partial charge in [0.1, 0.15) is 67.7 Å². The summed E-state index contributed by atoms with van der Waals surface area (Å²) in [6, 6.07) is 32.4. The van der Waals surface area contributed by atoms with Crippen LogP contribution in [0.25, 0.3) is 0 Å². The van der Waals surface area contributed by atoms with E-state index in [4.69, 9.17) is 28.4 Å². The summed E-state index contributed by atoms with van der Waals surface area (Å²) in [5, 5.41) is 10.5. The molecule has 0 aromatic heterocycles. The van der Waals surface area contributed by atoms with E-state index < -0.39 is 6.10 Å². The molecule has 4 unspecified atom stereocenters. The first-order valence-corrected chi connectivity index (χ1v) is 15.3. The Labute approximate surface area is 259 Å². The molecule has 2 saturated heterocycles. The maximum atomic E-state index is 10.5. The number of rotatable bonds is 16. The first-order chi connectivity index (χ1) is 21.5. The minimum absolute atomic E-state index is 0.144. The van der Waals surface area contributed by atoms with Gasteiger partial charge in [-0.05, 0) is 70.8 Å². The Bertz CT molecular complexity index is 1330. The third-order valence-corrected chi connectivity index (χ3v) is 8.08.